The molecule has 0 aliphatic carbocycles. The van der Waals surface area contributed by atoms with E-state index < -0.39 is 29.1 Å². The summed E-state index contributed by atoms with van der Waals surface area (Å²) in [4.78, 5) is 17.9. The van der Waals surface area contributed by atoms with Gasteiger partial charge >= 0.3 is 12.1 Å². The molecular formula is C19H20F4N2O2. The fourth-order valence-electron chi connectivity index (χ4n) is 2.71. The molecule has 146 valence electrons. The van der Waals surface area contributed by atoms with Gasteiger partial charge in [-0.05, 0) is 38.5 Å². The number of hydrogen-bond donors (Lipinski definition) is 0. The fraction of sp³-hybridized carbons (Fsp3) is 0.368. The molecule has 2 rings (SSSR count). The monoisotopic (exact) mass is 384 g/mol. The van der Waals surface area contributed by atoms with Crippen molar-refractivity contribution in [2.24, 2.45) is 0 Å². The van der Waals surface area contributed by atoms with Gasteiger partial charge in [0, 0.05) is 18.7 Å². The van der Waals surface area contributed by atoms with E-state index in [0.717, 1.165) is 19.2 Å². The number of halogens is 4. The van der Waals surface area contributed by atoms with Crippen LogP contribution in [0, 0.1) is 12.7 Å². The zero-order chi connectivity index (χ0) is 20.4. The summed E-state index contributed by atoms with van der Waals surface area (Å²) in [6.45, 7) is 5.68. The molecular weight excluding hydrogens is 364 g/mol. The first-order valence-corrected chi connectivity index (χ1v) is 8.36. The van der Waals surface area contributed by atoms with Crippen LogP contribution in [0.4, 0.5) is 23.4 Å². The summed E-state index contributed by atoms with van der Waals surface area (Å²) in [5.74, 6) is -1.82. The molecule has 0 bridgehead atoms. The highest BCUT2D eigenvalue weighted by atomic mass is 19.4. The number of anilines is 1. The Bertz CT molecular complexity index is 846. The minimum absolute atomic E-state index is 0.0734. The second kappa shape index (κ2) is 7.94. The minimum Gasteiger partial charge on any atom is -0.465 e. The van der Waals surface area contributed by atoms with Crippen molar-refractivity contribution >= 4 is 11.8 Å². The minimum atomic E-state index is -4.81. The summed E-state index contributed by atoms with van der Waals surface area (Å²) in [7, 11) is 1.01. The largest absolute Gasteiger partial charge is 0.465 e. The Balaban J connectivity index is 2.86. The van der Waals surface area contributed by atoms with E-state index in [9.17, 15) is 22.4 Å². The van der Waals surface area contributed by atoms with E-state index in [1.165, 1.54) is 17.0 Å². The van der Waals surface area contributed by atoms with E-state index in [2.05, 4.69) is 9.72 Å². The molecule has 0 aliphatic rings. The number of pyridine rings is 1. The van der Waals surface area contributed by atoms with Crippen LogP contribution in [0.2, 0.25) is 0 Å². The van der Waals surface area contributed by atoms with Crippen molar-refractivity contribution < 1.29 is 27.1 Å². The number of esters is 1. The predicted molar refractivity (Wildman–Crippen MR) is 94.3 cm³/mol. The molecule has 1 aromatic heterocycles. The van der Waals surface area contributed by atoms with E-state index in [4.69, 9.17) is 0 Å². The van der Waals surface area contributed by atoms with Crippen molar-refractivity contribution in [3.05, 3.63) is 46.8 Å². The summed E-state index contributed by atoms with van der Waals surface area (Å²) < 4.78 is 59.6. The standard InChI is InChI=1S/C19H20F4N2O2/c1-5-25(6-2)17-16(18(26)27-4)13(19(21,22)23)10-15(24-17)12-8-7-11(3)14(20)9-12/h7-10H,5-6H2,1-4H3. The molecule has 1 heterocycles. The van der Waals surface area contributed by atoms with E-state index in [-0.39, 0.29) is 17.1 Å². The quantitative estimate of drug-likeness (QED) is 0.546. The van der Waals surface area contributed by atoms with E-state index in [1.807, 2.05) is 0 Å². The van der Waals surface area contributed by atoms with Gasteiger partial charge in [-0.25, -0.2) is 14.2 Å². The highest BCUT2D eigenvalue weighted by molar-refractivity contribution is 5.97. The topological polar surface area (TPSA) is 42.4 Å². The van der Waals surface area contributed by atoms with Crippen molar-refractivity contribution in [1.82, 2.24) is 4.98 Å². The van der Waals surface area contributed by atoms with E-state index in [0.29, 0.717) is 18.7 Å². The van der Waals surface area contributed by atoms with Gasteiger partial charge in [0.2, 0.25) is 0 Å². The summed E-state index contributed by atoms with van der Waals surface area (Å²) in [6, 6.07) is 4.83. The van der Waals surface area contributed by atoms with Gasteiger partial charge in [-0.3, -0.25) is 0 Å². The Morgan fingerprint density at radius 3 is 2.30 bits per heavy atom. The Hall–Kier alpha value is -2.64. The first kappa shape index (κ1) is 20.7. The normalized spacial score (nSPS) is 11.4. The Morgan fingerprint density at radius 1 is 1.19 bits per heavy atom. The lowest BCUT2D eigenvalue weighted by Crippen LogP contribution is -2.28. The van der Waals surface area contributed by atoms with Crippen LogP contribution < -0.4 is 4.90 Å². The summed E-state index contributed by atoms with van der Waals surface area (Å²) in [5.41, 5.74) is -1.33. The van der Waals surface area contributed by atoms with Gasteiger partial charge in [0.15, 0.2) is 0 Å². The van der Waals surface area contributed by atoms with Gasteiger partial charge < -0.3 is 9.64 Å². The zero-order valence-electron chi connectivity index (χ0n) is 15.4. The third-order valence-electron chi connectivity index (χ3n) is 4.23. The maximum absolute atomic E-state index is 13.9. The highest BCUT2D eigenvalue weighted by Gasteiger charge is 2.39. The Labute approximate surface area is 154 Å². The van der Waals surface area contributed by atoms with Gasteiger partial charge in [-0.15, -0.1) is 0 Å². The molecule has 0 fully saturated rings. The Morgan fingerprint density at radius 2 is 1.81 bits per heavy atom. The molecule has 0 aliphatic heterocycles. The number of carbonyl (C=O) groups is 1. The number of benzene rings is 1. The zero-order valence-corrected chi connectivity index (χ0v) is 15.4. The van der Waals surface area contributed by atoms with Crippen LogP contribution in [0.25, 0.3) is 11.3 Å². The molecule has 27 heavy (non-hydrogen) atoms. The van der Waals surface area contributed by atoms with Gasteiger partial charge in [0.25, 0.3) is 0 Å². The number of rotatable bonds is 5. The molecule has 1 aromatic carbocycles. The van der Waals surface area contributed by atoms with E-state index >= 15 is 0 Å². The number of carbonyl (C=O) groups excluding carboxylic acids is 1. The number of ether oxygens (including phenoxy) is 1. The fourth-order valence-corrected chi connectivity index (χ4v) is 2.71. The molecule has 0 unspecified atom stereocenters. The van der Waals surface area contributed by atoms with Crippen molar-refractivity contribution in [1.29, 1.82) is 0 Å². The van der Waals surface area contributed by atoms with Crippen LogP contribution in [-0.2, 0) is 10.9 Å². The molecule has 2 aromatic rings. The second-order valence-corrected chi connectivity index (χ2v) is 5.88. The number of alkyl halides is 3. The van der Waals surface area contributed by atoms with Crippen molar-refractivity contribution in [3.63, 3.8) is 0 Å². The second-order valence-electron chi connectivity index (χ2n) is 5.88. The van der Waals surface area contributed by atoms with Gasteiger partial charge in [0.1, 0.15) is 17.2 Å². The average molecular weight is 384 g/mol. The van der Waals surface area contributed by atoms with Crippen LogP contribution >= 0.6 is 0 Å². The van der Waals surface area contributed by atoms with Crippen molar-refractivity contribution in [3.8, 4) is 11.3 Å². The summed E-state index contributed by atoms with van der Waals surface area (Å²) in [5, 5.41) is 0. The van der Waals surface area contributed by atoms with Crippen LogP contribution in [0.15, 0.2) is 24.3 Å². The number of nitrogens with zero attached hydrogens (tertiary/aromatic N) is 2. The van der Waals surface area contributed by atoms with Crippen molar-refractivity contribution in [2.45, 2.75) is 26.9 Å². The maximum atomic E-state index is 13.9. The van der Waals surface area contributed by atoms with Crippen LogP contribution in [-0.4, -0.2) is 31.2 Å². The van der Waals surface area contributed by atoms with Crippen LogP contribution in [0.1, 0.15) is 35.3 Å². The Kier molecular flexibility index (Phi) is 6.08. The number of methoxy groups -OCH3 is 1. The number of hydrogen-bond acceptors (Lipinski definition) is 4. The highest BCUT2D eigenvalue weighted by Crippen LogP contribution is 2.38. The van der Waals surface area contributed by atoms with Gasteiger partial charge in [0.05, 0.1) is 18.4 Å². The third-order valence-corrected chi connectivity index (χ3v) is 4.23. The lowest BCUT2D eigenvalue weighted by atomic mass is 10.0. The van der Waals surface area contributed by atoms with Crippen LogP contribution in [0.3, 0.4) is 0 Å². The van der Waals surface area contributed by atoms with Gasteiger partial charge in [-0.2, -0.15) is 13.2 Å². The molecule has 0 atom stereocenters. The molecule has 0 N–H and O–H groups in total. The molecule has 0 amide bonds. The molecule has 0 spiro atoms. The first-order chi connectivity index (χ1) is 12.6. The SMILES string of the molecule is CCN(CC)c1nc(-c2ccc(C)c(F)c2)cc(C(F)(F)F)c1C(=O)OC. The maximum Gasteiger partial charge on any atom is 0.417 e. The first-order valence-electron chi connectivity index (χ1n) is 8.36. The molecule has 8 heteroatoms. The lowest BCUT2D eigenvalue weighted by Gasteiger charge is -2.25. The van der Waals surface area contributed by atoms with Crippen LogP contribution in [0.5, 0.6) is 0 Å². The smallest absolute Gasteiger partial charge is 0.417 e. The van der Waals surface area contributed by atoms with Crippen molar-refractivity contribution in [2.75, 3.05) is 25.1 Å². The molecule has 0 radical (unpaired) electrons. The van der Waals surface area contributed by atoms with Gasteiger partial charge in [-0.1, -0.05) is 12.1 Å². The molecule has 4 nitrogen and oxygen atoms in total. The van der Waals surface area contributed by atoms with E-state index in [1.54, 1.807) is 20.8 Å². The summed E-state index contributed by atoms with van der Waals surface area (Å²) in [6.07, 6.45) is -4.81. The summed E-state index contributed by atoms with van der Waals surface area (Å²) >= 11 is 0. The molecule has 0 saturated heterocycles. The third kappa shape index (κ3) is 4.20. The molecule has 0 saturated carbocycles. The predicted octanol–water partition coefficient (Wildman–Crippen LogP) is 4.85. The number of aromatic nitrogens is 1. The average Bonchev–Trinajstić information content (AvgIpc) is 2.63. The number of aryl methyl sites for hydroxylation is 1. The lowest BCUT2D eigenvalue weighted by molar-refractivity contribution is -0.138.